The van der Waals surface area contributed by atoms with Gasteiger partial charge >= 0.3 is 0 Å². The molecule has 0 aliphatic rings. The molecule has 0 unspecified atom stereocenters. The van der Waals surface area contributed by atoms with E-state index in [1.165, 1.54) is 4.68 Å². The lowest BCUT2D eigenvalue weighted by molar-refractivity contribution is -0.121. The number of amides is 1. The Morgan fingerprint density at radius 2 is 1.79 bits per heavy atom. The summed E-state index contributed by atoms with van der Waals surface area (Å²) in [6.45, 7) is 0.350. The first-order valence-electron chi connectivity index (χ1n) is 9.17. The zero-order valence-electron chi connectivity index (χ0n) is 15.5. The Bertz CT molecular complexity index is 1200. The first kappa shape index (κ1) is 19.4. The molecule has 146 valence electrons. The highest BCUT2D eigenvalue weighted by atomic mass is 35.5. The first-order valence-corrected chi connectivity index (χ1v) is 10.4. The molecule has 29 heavy (non-hydrogen) atoms. The summed E-state index contributed by atoms with van der Waals surface area (Å²) in [5, 5.41) is 11.3. The molecule has 4 rings (SSSR count). The van der Waals surface area contributed by atoms with Crippen molar-refractivity contribution in [1.82, 2.24) is 15.1 Å². The third-order valence-corrected chi connectivity index (χ3v) is 5.69. The molecule has 0 bridgehead atoms. The molecule has 0 saturated carbocycles. The molecule has 0 spiro atoms. The molecule has 0 atom stereocenters. The van der Waals surface area contributed by atoms with Crippen LogP contribution in [-0.4, -0.2) is 22.2 Å². The Balaban J connectivity index is 1.53. The maximum absolute atomic E-state index is 12.8. The average Bonchev–Trinajstić information content (AvgIpc) is 3.26. The van der Waals surface area contributed by atoms with E-state index in [9.17, 15) is 9.59 Å². The van der Waals surface area contributed by atoms with Crippen molar-refractivity contribution in [2.24, 2.45) is 0 Å². The van der Waals surface area contributed by atoms with Crippen LogP contribution in [-0.2, 0) is 17.8 Å². The normalized spacial score (nSPS) is 10.9. The van der Waals surface area contributed by atoms with E-state index in [1.54, 1.807) is 17.4 Å². The summed E-state index contributed by atoms with van der Waals surface area (Å²) in [5.74, 6) is -0.249. The van der Waals surface area contributed by atoms with Crippen molar-refractivity contribution in [1.29, 1.82) is 0 Å². The summed E-state index contributed by atoms with van der Waals surface area (Å²) < 4.78 is 1.25. The molecular weight excluding hydrogens is 406 g/mol. The Hall–Kier alpha value is -2.96. The minimum absolute atomic E-state index is 0.122. The van der Waals surface area contributed by atoms with Crippen LogP contribution in [0.15, 0.2) is 70.8 Å². The van der Waals surface area contributed by atoms with Gasteiger partial charge in [-0.2, -0.15) is 5.10 Å². The van der Waals surface area contributed by atoms with Crippen molar-refractivity contribution in [3.8, 4) is 10.6 Å². The molecule has 2 heterocycles. The predicted octanol–water partition coefficient (Wildman–Crippen LogP) is 4.14. The number of benzene rings is 2. The molecular formula is C22H18ClN3O2S. The standard InChI is InChI=1S/C22H18ClN3O2S/c23-16-9-7-15(8-10-16)11-12-24-20(27)14-26-22(28)18-5-2-1-4-17(18)21(25-26)19-6-3-13-29-19/h1-10,13H,11-12,14H2,(H,24,27). The Morgan fingerprint density at radius 3 is 2.52 bits per heavy atom. The Kier molecular flexibility index (Phi) is 5.74. The zero-order valence-corrected chi connectivity index (χ0v) is 17.0. The topological polar surface area (TPSA) is 64.0 Å². The molecule has 0 fully saturated rings. The minimum atomic E-state index is -0.270. The number of halogens is 1. The molecule has 0 aliphatic carbocycles. The second kappa shape index (κ2) is 8.59. The SMILES string of the molecule is O=C(Cn1nc(-c2cccs2)c2ccccc2c1=O)NCCc1ccc(Cl)cc1. The number of carbonyl (C=O) groups excluding carboxylic acids is 1. The van der Waals surface area contributed by atoms with Crippen LogP contribution in [0.1, 0.15) is 5.56 Å². The van der Waals surface area contributed by atoms with Crippen molar-refractivity contribution in [2.45, 2.75) is 13.0 Å². The second-order valence-corrected chi connectivity index (χ2v) is 7.94. The van der Waals surface area contributed by atoms with Gasteiger partial charge in [-0.1, -0.05) is 48.0 Å². The molecule has 0 saturated heterocycles. The van der Waals surface area contributed by atoms with Crippen LogP contribution in [0.5, 0.6) is 0 Å². The molecule has 2 aromatic carbocycles. The maximum Gasteiger partial charge on any atom is 0.275 e. The van der Waals surface area contributed by atoms with Gasteiger partial charge in [0.2, 0.25) is 5.91 Å². The van der Waals surface area contributed by atoms with E-state index in [1.807, 2.05) is 60.0 Å². The van der Waals surface area contributed by atoms with Crippen LogP contribution in [0.2, 0.25) is 5.02 Å². The van der Waals surface area contributed by atoms with Gasteiger partial charge in [0.1, 0.15) is 12.2 Å². The van der Waals surface area contributed by atoms with Crippen molar-refractivity contribution < 1.29 is 4.79 Å². The highest BCUT2D eigenvalue weighted by Gasteiger charge is 2.14. The van der Waals surface area contributed by atoms with Gasteiger partial charge in [-0.05, 0) is 41.6 Å². The van der Waals surface area contributed by atoms with Gasteiger partial charge in [0.05, 0.1) is 10.3 Å². The smallest absolute Gasteiger partial charge is 0.275 e. The number of fused-ring (bicyclic) bond motifs is 1. The number of hydrogen-bond donors (Lipinski definition) is 1. The van der Waals surface area contributed by atoms with Crippen molar-refractivity contribution in [2.75, 3.05) is 6.54 Å². The van der Waals surface area contributed by atoms with Crippen LogP contribution in [0, 0.1) is 0 Å². The number of thiophene rings is 1. The highest BCUT2D eigenvalue weighted by Crippen LogP contribution is 2.28. The zero-order chi connectivity index (χ0) is 20.2. The third-order valence-electron chi connectivity index (χ3n) is 4.56. The summed E-state index contributed by atoms with van der Waals surface area (Å²) in [6, 6.07) is 18.8. The van der Waals surface area contributed by atoms with E-state index in [0.29, 0.717) is 29.1 Å². The fourth-order valence-corrected chi connectivity index (χ4v) is 3.98. The molecule has 7 heteroatoms. The van der Waals surface area contributed by atoms with Gasteiger partial charge < -0.3 is 5.32 Å². The molecule has 2 aromatic heterocycles. The summed E-state index contributed by atoms with van der Waals surface area (Å²) in [6.07, 6.45) is 0.684. The van der Waals surface area contributed by atoms with E-state index in [-0.39, 0.29) is 18.0 Å². The van der Waals surface area contributed by atoms with Gasteiger partial charge in [0, 0.05) is 17.0 Å². The number of carbonyl (C=O) groups is 1. The van der Waals surface area contributed by atoms with Crippen LogP contribution in [0.3, 0.4) is 0 Å². The lowest BCUT2D eigenvalue weighted by Crippen LogP contribution is -2.34. The van der Waals surface area contributed by atoms with Crippen molar-refractivity contribution >= 4 is 39.6 Å². The van der Waals surface area contributed by atoms with E-state index in [4.69, 9.17) is 11.6 Å². The molecule has 0 aliphatic heterocycles. The second-order valence-electron chi connectivity index (χ2n) is 6.56. The van der Waals surface area contributed by atoms with Gasteiger partial charge in [0.15, 0.2) is 0 Å². The number of nitrogens with one attached hydrogen (secondary N) is 1. The van der Waals surface area contributed by atoms with Crippen molar-refractivity contribution in [3.05, 3.63) is 87.0 Å². The summed E-state index contributed by atoms with van der Waals surface area (Å²) in [7, 11) is 0. The summed E-state index contributed by atoms with van der Waals surface area (Å²) in [4.78, 5) is 26.2. The average molecular weight is 424 g/mol. The molecule has 0 radical (unpaired) electrons. The largest absolute Gasteiger partial charge is 0.354 e. The van der Waals surface area contributed by atoms with Gasteiger partial charge in [-0.3, -0.25) is 9.59 Å². The minimum Gasteiger partial charge on any atom is -0.354 e. The fourth-order valence-electron chi connectivity index (χ4n) is 3.13. The molecule has 1 amide bonds. The molecule has 5 nitrogen and oxygen atoms in total. The number of rotatable bonds is 6. The summed E-state index contributed by atoms with van der Waals surface area (Å²) in [5.41, 5.74) is 1.52. The molecule has 1 N–H and O–H groups in total. The van der Waals surface area contributed by atoms with Crippen LogP contribution in [0.25, 0.3) is 21.3 Å². The fraction of sp³-hybridized carbons (Fsp3) is 0.136. The number of hydrogen-bond acceptors (Lipinski definition) is 4. The monoisotopic (exact) mass is 423 g/mol. The van der Waals surface area contributed by atoms with Crippen LogP contribution >= 0.6 is 22.9 Å². The lowest BCUT2D eigenvalue weighted by Gasteiger charge is -2.11. The summed E-state index contributed by atoms with van der Waals surface area (Å²) >= 11 is 7.43. The first-order chi connectivity index (χ1) is 14.1. The van der Waals surface area contributed by atoms with Gasteiger partial charge in [0.25, 0.3) is 5.56 Å². The highest BCUT2D eigenvalue weighted by molar-refractivity contribution is 7.13. The Morgan fingerprint density at radius 1 is 1.03 bits per heavy atom. The quantitative estimate of drug-likeness (QED) is 0.507. The molecule has 4 aromatic rings. The van der Waals surface area contributed by atoms with Crippen LogP contribution in [0.4, 0.5) is 0 Å². The van der Waals surface area contributed by atoms with Crippen LogP contribution < -0.4 is 10.9 Å². The number of aromatic nitrogens is 2. The van der Waals surface area contributed by atoms with E-state index in [2.05, 4.69) is 10.4 Å². The van der Waals surface area contributed by atoms with Crippen molar-refractivity contribution in [3.63, 3.8) is 0 Å². The van der Waals surface area contributed by atoms with E-state index < -0.39 is 0 Å². The Labute approximate surface area is 176 Å². The van der Waals surface area contributed by atoms with Gasteiger partial charge in [-0.25, -0.2) is 4.68 Å². The predicted molar refractivity (Wildman–Crippen MR) is 117 cm³/mol. The third kappa shape index (κ3) is 4.39. The van der Waals surface area contributed by atoms with Gasteiger partial charge in [-0.15, -0.1) is 11.3 Å². The van der Waals surface area contributed by atoms with E-state index in [0.717, 1.165) is 15.8 Å². The van der Waals surface area contributed by atoms with E-state index >= 15 is 0 Å². The lowest BCUT2D eigenvalue weighted by atomic mass is 10.1. The maximum atomic E-state index is 12.8. The number of nitrogens with zero attached hydrogens (tertiary/aromatic N) is 2.